The Morgan fingerprint density at radius 3 is 1.23 bits per heavy atom. The molecule has 0 saturated heterocycles. The van der Waals surface area contributed by atoms with Gasteiger partial charge in [0.25, 0.3) is 0 Å². The second-order valence-electron chi connectivity index (χ2n) is 15.3. The van der Waals surface area contributed by atoms with Gasteiger partial charge in [-0.25, -0.2) is 0 Å². The van der Waals surface area contributed by atoms with Crippen LogP contribution in [0.3, 0.4) is 0 Å². The molecule has 0 N–H and O–H groups in total. The Morgan fingerprint density at radius 2 is 0.683 bits per heavy atom. The maximum Gasteiger partial charge on any atom is 0.0561 e. The van der Waals surface area contributed by atoms with E-state index in [9.17, 15) is 0 Å². The molecule has 0 bridgehead atoms. The fourth-order valence-corrected chi connectivity index (χ4v) is 10.7. The van der Waals surface area contributed by atoms with Crippen LogP contribution in [-0.2, 0) is 0 Å². The molecule has 60 heavy (non-hydrogen) atoms. The number of hydrogen-bond donors (Lipinski definition) is 0. The highest BCUT2D eigenvalue weighted by molar-refractivity contribution is 7.27. The van der Waals surface area contributed by atoms with Crippen molar-refractivity contribution in [2.45, 2.75) is 0 Å². The summed E-state index contributed by atoms with van der Waals surface area (Å²) >= 11 is 1.91. The van der Waals surface area contributed by atoms with Gasteiger partial charge in [-0.05, 0) is 78.9 Å². The first-order chi connectivity index (χ1) is 29.8. The molecule has 0 aliphatic carbocycles. The van der Waals surface area contributed by atoms with Gasteiger partial charge in [0.1, 0.15) is 0 Å². The predicted octanol–water partition coefficient (Wildman–Crippen LogP) is 16.4. The van der Waals surface area contributed by atoms with Crippen molar-refractivity contribution in [1.29, 1.82) is 0 Å². The molecular weight excluding hydrogens is 747 g/mol. The molecular formula is C56H37N3S. The van der Waals surface area contributed by atoms with Gasteiger partial charge in [-0.15, -0.1) is 11.3 Å². The van der Waals surface area contributed by atoms with E-state index in [0.29, 0.717) is 0 Å². The van der Waals surface area contributed by atoms with Gasteiger partial charge in [0.15, 0.2) is 0 Å². The first kappa shape index (κ1) is 34.4. The number of fused-ring (bicyclic) bond motifs is 10. The van der Waals surface area contributed by atoms with E-state index < -0.39 is 0 Å². The first-order valence-electron chi connectivity index (χ1n) is 20.4. The summed E-state index contributed by atoms with van der Waals surface area (Å²) in [6, 6.07) is 81.4. The lowest BCUT2D eigenvalue weighted by atomic mass is 10.0. The molecule has 12 rings (SSSR count). The highest BCUT2D eigenvalue weighted by Gasteiger charge is 2.22. The van der Waals surface area contributed by atoms with Crippen molar-refractivity contribution < 1.29 is 0 Å². The van der Waals surface area contributed by atoms with E-state index in [1.165, 1.54) is 63.5 Å². The van der Waals surface area contributed by atoms with Crippen molar-refractivity contribution in [1.82, 2.24) is 4.57 Å². The van der Waals surface area contributed by atoms with Gasteiger partial charge < -0.3 is 14.4 Å². The summed E-state index contributed by atoms with van der Waals surface area (Å²) in [4.78, 5) is 4.80. The summed E-state index contributed by atoms with van der Waals surface area (Å²) in [5.41, 5.74) is 10.3. The van der Waals surface area contributed by atoms with Gasteiger partial charge >= 0.3 is 0 Å². The van der Waals surface area contributed by atoms with Crippen molar-refractivity contribution in [3.05, 3.63) is 224 Å². The van der Waals surface area contributed by atoms with Crippen LogP contribution in [0.25, 0.3) is 69.2 Å². The third kappa shape index (κ3) is 5.42. The Bertz CT molecular complexity index is 3500. The van der Waals surface area contributed by atoms with E-state index in [0.717, 1.165) is 39.8 Å². The summed E-state index contributed by atoms with van der Waals surface area (Å²) in [7, 11) is 0. The number of para-hydroxylation sites is 5. The minimum absolute atomic E-state index is 1.11. The van der Waals surface area contributed by atoms with Crippen molar-refractivity contribution >= 4 is 109 Å². The largest absolute Gasteiger partial charge is 0.310 e. The van der Waals surface area contributed by atoms with Crippen LogP contribution in [0.4, 0.5) is 34.1 Å². The van der Waals surface area contributed by atoms with Crippen LogP contribution in [0.15, 0.2) is 224 Å². The van der Waals surface area contributed by atoms with Crippen LogP contribution in [-0.4, -0.2) is 4.57 Å². The Kier molecular flexibility index (Phi) is 8.03. The van der Waals surface area contributed by atoms with Gasteiger partial charge in [0, 0.05) is 80.9 Å². The second kappa shape index (κ2) is 14.0. The average molecular weight is 784 g/mol. The molecule has 2 aromatic heterocycles. The lowest BCUT2D eigenvalue weighted by molar-refractivity contribution is 1.18. The van der Waals surface area contributed by atoms with E-state index in [4.69, 9.17) is 0 Å². The van der Waals surface area contributed by atoms with Gasteiger partial charge in [0.05, 0.1) is 22.4 Å². The number of aromatic nitrogens is 1. The van der Waals surface area contributed by atoms with Crippen LogP contribution >= 0.6 is 11.3 Å². The standard InChI is InChI=1S/C56H37N3S/c1-5-17-38(18-6-1)57(39-19-7-2-8-20-39)51-29-15-26-47-45(51)33-35-49-50-36-34-46-48(56(50)60-55(47)49)27-16-30-52(46)58(40-21-9-3-10-22-40)42-31-32-44-43-25-13-14-28-53(43)59(54(44)37-42)41-23-11-4-12-24-41/h1-37H. The number of nitrogens with zero attached hydrogens (tertiary/aromatic N) is 3. The van der Waals surface area contributed by atoms with Gasteiger partial charge in [-0.3, -0.25) is 0 Å². The summed E-state index contributed by atoms with van der Waals surface area (Å²) in [6.07, 6.45) is 0. The lowest BCUT2D eigenvalue weighted by Crippen LogP contribution is -2.10. The summed E-state index contributed by atoms with van der Waals surface area (Å²) < 4.78 is 5.01. The number of hydrogen-bond acceptors (Lipinski definition) is 3. The molecule has 0 amide bonds. The SMILES string of the molecule is c1ccc(N(c2ccccc2)c2cccc3c2ccc2c4ccc5c(N(c6ccccc6)c6ccc7c8ccccc8n(-c8ccccc8)c7c6)cccc5c4sc32)cc1. The Labute approximate surface area is 351 Å². The molecule has 0 fully saturated rings. The molecule has 0 aliphatic heterocycles. The summed E-state index contributed by atoms with van der Waals surface area (Å²) in [6.45, 7) is 0. The van der Waals surface area contributed by atoms with Crippen LogP contribution < -0.4 is 9.80 Å². The number of rotatable bonds is 7. The summed E-state index contributed by atoms with van der Waals surface area (Å²) in [5.74, 6) is 0. The maximum absolute atomic E-state index is 2.43. The minimum atomic E-state index is 1.11. The second-order valence-corrected chi connectivity index (χ2v) is 16.3. The molecule has 4 heteroatoms. The maximum atomic E-state index is 2.43. The molecule has 2 heterocycles. The molecule has 0 saturated carbocycles. The molecule has 282 valence electrons. The molecule has 0 spiro atoms. The minimum Gasteiger partial charge on any atom is -0.310 e. The van der Waals surface area contributed by atoms with Gasteiger partial charge in [-0.1, -0.05) is 146 Å². The normalized spacial score (nSPS) is 11.7. The van der Waals surface area contributed by atoms with Crippen LogP contribution in [0.1, 0.15) is 0 Å². The Balaban J connectivity index is 1.06. The van der Waals surface area contributed by atoms with Crippen molar-refractivity contribution in [3.63, 3.8) is 0 Å². The number of thiophene rings is 1. The van der Waals surface area contributed by atoms with Crippen LogP contribution in [0, 0.1) is 0 Å². The topological polar surface area (TPSA) is 11.4 Å². The van der Waals surface area contributed by atoms with E-state index in [1.54, 1.807) is 0 Å². The van der Waals surface area contributed by atoms with Crippen LogP contribution in [0.2, 0.25) is 0 Å². The molecule has 0 atom stereocenters. The lowest BCUT2D eigenvalue weighted by Gasteiger charge is -2.27. The zero-order valence-electron chi connectivity index (χ0n) is 32.6. The van der Waals surface area contributed by atoms with Gasteiger partial charge in [-0.2, -0.15) is 0 Å². The van der Waals surface area contributed by atoms with E-state index >= 15 is 0 Å². The highest BCUT2D eigenvalue weighted by atomic mass is 32.1. The van der Waals surface area contributed by atoms with Crippen molar-refractivity contribution in [3.8, 4) is 5.69 Å². The molecule has 0 radical (unpaired) electrons. The monoisotopic (exact) mass is 783 g/mol. The smallest absolute Gasteiger partial charge is 0.0561 e. The quantitative estimate of drug-likeness (QED) is 0.159. The van der Waals surface area contributed by atoms with Crippen molar-refractivity contribution in [2.24, 2.45) is 0 Å². The third-order valence-electron chi connectivity index (χ3n) is 11.9. The van der Waals surface area contributed by atoms with E-state index in [-0.39, 0.29) is 0 Å². The first-order valence-corrected chi connectivity index (χ1v) is 21.3. The molecule has 12 aromatic rings. The molecule has 10 aromatic carbocycles. The molecule has 0 aliphatic rings. The Hall–Kier alpha value is -7.66. The van der Waals surface area contributed by atoms with Crippen molar-refractivity contribution in [2.75, 3.05) is 9.80 Å². The highest BCUT2D eigenvalue weighted by Crippen LogP contribution is 2.48. The predicted molar refractivity (Wildman–Crippen MR) is 258 cm³/mol. The number of benzene rings is 10. The molecule has 3 nitrogen and oxygen atoms in total. The summed E-state index contributed by atoms with van der Waals surface area (Å²) in [5, 5.41) is 10.0. The molecule has 0 unspecified atom stereocenters. The average Bonchev–Trinajstić information content (AvgIpc) is 3.87. The fraction of sp³-hybridized carbons (Fsp3) is 0. The van der Waals surface area contributed by atoms with Crippen LogP contribution in [0.5, 0.6) is 0 Å². The van der Waals surface area contributed by atoms with Gasteiger partial charge in [0.2, 0.25) is 0 Å². The third-order valence-corrected chi connectivity index (χ3v) is 13.2. The number of anilines is 6. The fourth-order valence-electron chi connectivity index (χ4n) is 9.30. The zero-order valence-corrected chi connectivity index (χ0v) is 33.4. The van der Waals surface area contributed by atoms with E-state index in [1.807, 2.05) is 11.3 Å². The van der Waals surface area contributed by atoms with E-state index in [2.05, 4.69) is 239 Å². The Morgan fingerprint density at radius 1 is 0.283 bits per heavy atom. The zero-order chi connectivity index (χ0) is 39.6.